The second-order valence-electron chi connectivity index (χ2n) is 6.29. The molecule has 148 valence electrons. The third-order valence-corrected chi connectivity index (χ3v) is 5.63. The fourth-order valence-corrected chi connectivity index (χ4v) is 3.94. The van der Waals surface area contributed by atoms with Crippen LogP contribution in [0.25, 0.3) is 0 Å². The fourth-order valence-electron chi connectivity index (χ4n) is 2.66. The average Bonchev–Trinajstić information content (AvgIpc) is 2.68. The Morgan fingerprint density at radius 1 is 1.00 bits per heavy atom. The number of phenols is 1. The van der Waals surface area contributed by atoms with E-state index in [1.807, 2.05) is 24.3 Å². The average molecular weight is 437 g/mol. The monoisotopic (exact) mass is 436 g/mol. The predicted molar refractivity (Wildman–Crippen MR) is 120 cm³/mol. The molecule has 1 aliphatic rings. The van der Waals surface area contributed by atoms with Crippen LogP contribution in [-0.2, 0) is 12.8 Å². The molecule has 2 aromatic rings. The number of hydrogen-bond acceptors (Lipinski definition) is 4. The number of hydrogen-bond donors (Lipinski definition) is 3. The molecule has 1 aliphatic heterocycles. The minimum atomic E-state index is -0.147. The van der Waals surface area contributed by atoms with Gasteiger partial charge in [0.15, 0.2) is 11.5 Å². The molecule has 0 aliphatic carbocycles. The Hall–Kier alpha value is -1.89. The van der Waals surface area contributed by atoms with Crippen molar-refractivity contribution in [3.63, 3.8) is 0 Å². The largest absolute Gasteiger partial charge is 0.508 e. The summed E-state index contributed by atoms with van der Waals surface area (Å²) in [5.41, 5.74) is 2.25. The Kier molecular flexibility index (Phi) is 7.89. The summed E-state index contributed by atoms with van der Waals surface area (Å²) in [7, 11) is 0. The van der Waals surface area contributed by atoms with Gasteiger partial charge in [0, 0.05) is 11.6 Å². The number of amidine groups is 1. The number of benzene rings is 2. The van der Waals surface area contributed by atoms with E-state index in [9.17, 15) is 5.11 Å². The zero-order valence-corrected chi connectivity index (χ0v) is 17.6. The maximum Gasteiger partial charge on any atom is 0.200 e. The summed E-state index contributed by atoms with van der Waals surface area (Å²) in [6, 6.07) is 15.1. The summed E-state index contributed by atoms with van der Waals surface area (Å²) >= 11 is 13.7. The highest BCUT2D eigenvalue weighted by molar-refractivity contribution is 7.99. The van der Waals surface area contributed by atoms with Gasteiger partial charge < -0.3 is 15.7 Å². The lowest BCUT2D eigenvalue weighted by Crippen LogP contribution is -2.48. The number of aliphatic imine (C=N–C) groups is 2. The Bertz CT molecular complexity index is 825. The van der Waals surface area contributed by atoms with Crippen molar-refractivity contribution in [1.29, 1.82) is 0 Å². The van der Waals surface area contributed by atoms with Crippen LogP contribution in [0, 0.1) is 0 Å². The number of halogens is 2. The van der Waals surface area contributed by atoms with Crippen molar-refractivity contribution in [1.82, 2.24) is 10.6 Å². The van der Waals surface area contributed by atoms with Crippen molar-refractivity contribution in [3.05, 3.63) is 64.7 Å². The first kappa shape index (κ1) is 20.8. The second kappa shape index (κ2) is 10.6. The first-order chi connectivity index (χ1) is 13.6. The zero-order chi connectivity index (χ0) is 19.8. The summed E-state index contributed by atoms with van der Waals surface area (Å²) < 4.78 is 0. The molecule has 0 spiro atoms. The van der Waals surface area contributed by atoms with Gasteiger partial charge in [0.2, 0.25) is 5.29 Å². The number of nitrogens with one attached hydrogen (secondary N) is 2. The van der Waals surface area contributed by atoms with Crippen LogP contribution < -0.4 is 10.6 Å². The minimum Gasteiger partial charge on any atom is -0.508 e. The van der Waals surface area contributed by atoms with Gasteiger partial charge in [-0.1, -0.05) is 35.9 Å². The van der Waals surface area contributed by atoms with Crippen LogP contribution in [0.2, 0.25) is 5.02 Å². The number of guanidine groups is 1. The third kappa shape index (κ3) is 6.93. The van der Waals surface area contributed by atoms with Gasteiger partial charge in [-0.25, -0.2) is 4.99 Å². The molecular formula is C20H22Cl2N4OS. The molecule has 3 N–H and O–H groups in total. The van der Waals surface area contributed by atoms with E-state index in [2.05, 4.69) is 32.8 Å². The van der Waals surface area contributed by atoms with Crippen molar-refractivity contribution in [2.24, 2.45) is 9.98 Å². The van der Waals surface area contributed by atoms with Crippen molar-refractivity contribution in [2.75, 3.05) is 12.3 Å². The van der Waals surface area contributed by atoms with Crippen molar-refractivity contribution < 1.29 is 5.11 Å². The van der Waals surface area contributed by atoms with E-state index in [4.69, 9.17) is 23.2 Å². The van der Waals surface area contributed by atoms with E-state index in [0.29, 0.717) is 17.8 Å². The van der Waals surface area contributed by atoms with E-state index in [1.165, 1.54) is 5.56 Å². The Morgan fingerprint density at radius 3 is 2.43 bits per heavy atom. The molecule has 1 atom stereocenters. The molecule has 8 heteroatoms. The van der Waals surface area contributed by atoms with Crippen LogP contribution in [-0.4, -0.2) is 34.2 Å². The molecule has 0 saturated carbocycles. The molecule has 0 radical (unpaired) electrons. The molecule has 0 fully saturated rings. The highest BCUT2D eigenvalue weighted by Crippen LogP contribution is 2.17. The predicted octanol–water partition coefficient (Wildman–Crippen LogP) is 4.38. The Labute approximate surface area is 179 Å². The lowest BCUT2D eigenvalue weighted by atomic mass is 10.1. The number of aryl methyl sites for hydroxylation is 1. The minimum absolute atomic E-state index is 0.147. The van der Waals surface area contributed by atoms with E-state index in [0.717, 1.165) is 35.6 Å². The molecule has 3 rings (SSSR count). The molecule has 1 heterocycles. The quantitative estimate of drug-likeness (QED) is 0.424. The molecule has 5 nitrogen and oxygen atoms in total. The molecule has 28 heavy (non-hydrogen) atoms. The Balaban J connectivity index is 1.42. The number of rotatable bonds is 8. The molecule has 2 aromatic carbocycles. The van der Waals surface area contributed by atoms with Gasteiger partial charge in [-0.15, -0.1) is 11.8 Å². The highest BCUT2D eigenvalue weighted by Gasteiger charge is 2.17. The van der Waals surface area contributed by atoms with Gasteiger partial charge in [0.1, 0.15) is 5.75 Å². The topological polar surface area (TPSA) is 69.0 Å². The SMILES string of the molecule is Oc1ccc(CCN=C2NC(Cl)=NC(SCCCc3ccc(Cl)cc3)N2)cc1. The smallest absolute Gasteiger partial charge is 0.200 e. The maximum absolute atomic E-state index is 9.33. The van der Waals surface area contributed by atoms with E-state index >= 15 is 0 Å². The second-order valence-corrected chi connectivity index (χ2v) is 8.27. The van der Waals surface area contributed by atoms with Crippen LogP contribution in [0.3, 0.4) is 0 Å². The number of thioether (sulfide) groups is 1. The molecule has 0 amide bonds. The van der Waals surface area contributed by atoms with Crippen LogP contribution in [0.15, 0.2) is 58.5 Å². The van der Waals surface area contributed by atoms with Gasteiger partial charge in [-0.2, -0.15) is 0 Å². The van der Waals surface area contributed by atoms with Gasteiger partial charge >= 0.3 is 0 Å². The van der Waals surface area contributed by atoms with E-state index < -0.39 is 0 Å². The van der Waals surface area contributed by atoms with Crippen molar-refractivity contribution >= 4 is 46.2 Å². The lowest BCUT2D eigenvalue weighted by molar-refractivity contribution is 0.475. The summed E-state index contributed by atoms with van der Waals surface area (Å²) in [5.74, 6) is 1.85. The molecular weight excluding hydrogens is 415 g/mol. The molecule has 0 aromatic heterocycles. The maximum atomic E-state index is 9.33. The standard InChI is InChI=1S/C20H22Cl2N4OS/c21-16-7-3-14(4-8-16)2-1-13-28-20-25-18(22)24-19(26-20)23-12-11-15-5-9-17(27)10-6-15/h3-10,20,27H,1-2,11-13H2,(H2,23,24,25,26). The summed E-state index contributed by atoms with van der Waals surface area (Å²) in [4.78, 5) is 8.89. The normalized spacial score (nSPS) is 17.7. The van der Waals surface area contributed by atoms with E-state index in [-0.39, 0.29) is 11.2 Å². The molecule has 0 bridgehead atoms. The number of aromatic hydroxyl groups is 1. The van der Waals surface area contributed by atoms with Gasteiger partial charge in [0.05, 0.1) is 0 Å². The van der Waals surface area contributed by atoms with Crippen molar-refractivity contribution in [2.45, 2.75) is 24.8 Å². The summed E-state index contributed by atoms with van der Waals surface area (Å²) in [6.45, 7) is 0.609. The fraction of sp³-hybridized carbons (Fsp3) is 0.300. The molecule has 0 saturated heterocycles. The Morgan fingerprint density at radius 2 is 1.68 bits per heavy atom. The third-order valence-electron chi connectivity index (χ3n) is 4.12. The highest BCUT2D eigenvalue weighted by atomic mass is 35.5. The zero-order valence-electron chi connectivity index (χ0n) is 15.2. The first-order valence-electron chi connectivity index (χ1n) is 9.04. The van der Waals surface area contributed by atoms with Crippen LogP contribution in [0.1, 0.15) is 17.5 Å². The van der Waals surface area contributed by atoms with Crippen LogP contribution in [0.4, 0.5) is 0 Å². The summed E-state index contributed by atoms with van der Waals surface area (Å²) in [6.07, 6.45) is 2.82. The van der Waals surface area contributed by atoms with Gasteiger partial charge in [-0.05, 0) is 72.0 Å². The van der Waals surface area contributed by atoms with E-state index in [1.54, 1.807) is 23.9 Å². The van der Waals surface area contributed by atoms with Crippen LogP contribution >= 0.6 is 35.0 Å². The van der Waals surface area contributed by atoms with Gasteiger partial charge in [-0.3, -0.25) is 4.99 Å². The summed E-state index contributed by atoms with van der Waals surface area (Å²) in [5, 5.41) is 16.6. The van der Waals surface area contributed by atoms with Gasteiger partial charge in [0.25, 0.3) is 0 Å². The van der Waals surface area contributed by atoms with Crippen molar-refractivity contribution in [3.8, 4) is 5.75 Å². The lowest BCUT2D eigenvalue weighted by Gasteiger charge is -2.22. The molecule has 1 unspecified atom stereocenters. The number of phenolic OH excluding ortho intramolecular Hbond substituents is 1. The number of nitrogens with zero attached hydrogens (tertiary/aromatic N) is 2. The van der Waals surface area contributed by atoms with Crippen LogP contribution in [0.5, 0.6) is 5.75 Å². The first-order valence-corrected chi connectivity index (χ1v) is 10.8.